The van der Waals surface area contributed by atoms with Gasteiger partial charge in [-0.1, -0.05) is 24.3 Å². The zero-order valence-corrected chi connectivity index (χ0v) is 16.1. The molecule has 0 radical (unpaired) electrons. The van der Waals surface area contributed by atoms with E-state index in [0.717, 1.165) is 24.0 Å². The fourth-order valence-electron chi connectivity index (χ4n) is 2.71. The fraction of sp³-hybridized carbons (Fsp3) is 0.476. The van der Waals surface area contributed by atoms with Crippen LogP contribution in [-0.2, 0) is 16.1 Å². The number of carbonyl (C=O) groups is 1. The highest BCUT2D eigenvalue weighted by Crippen LogP contribution is 2.19. The number of ether oxygens (including phenoxy) is 2. The lowest BCUT2D eigenvalue weighted by Crippen LogP contribution is -2.43. The number of piperidine rings is 1. The van der Waals surface area contributed by atoms with Crippen LogP contribution in [0.15, 0.2) is 29.8 Å². The molecule has 1 aliphatic heterocycles. The smallest absolute Gasteiger partial charge is 0.410 e. The third-order valence-electron chi connectivity index (χ3n) is 4.11. The molecule has 1 aromatic carbocycles. The third kappa shape index (κ3) is 6.77. The second kappa shape index (κ2) is 9.21. The van der Waals surface area contributed by atoms with Crippen molar-refractivity contribution in [3.63, 3.8) is 0 Å². The standard InChI is InChI=1S/C21H25N3O3/c1-21(2,3)27-20(25)24-10-8-19(9-11-24)26-15-17-6-4-16(5-7-17)12-18(13-22)14-23/h4-7,12,19H,8-11,15H2,1-3H3. The minimum atomic E-state index is -0.479. The van der Waals surface area contributed by atoms with Gasteiger partial charge in [0.05, 0.1) is 12.7 Å². The Morgan fingerprint density at radius 2 is 1.78 bits per heavy atom. The van der Waals surface area contributed by atoms with Gasteiger partial charge in [-0.15, -0.1) is 0 Å². The summed E-state index contributed by atoms with van der Waals surface area (Å²) in [6.07, 6.45) is 2.98. The summed E-state index contributed by atoms with van der Waals surface area (Å²) in [5.74, 6) is 0. The molecule has 0 unspecified atom stereocenters. The number of hydrogen-bond acceptors (Lipinski definition) is 5. The molecule has 27 heavy (non-hydrogen) atoms. The van der Waals surface area contributed by atoms with Crippen LogP contribution in [-0.4, -0.2) is 35.8 Å². The number of nitriles is 2. The normalized spacial score (nSPS) is 14.8. The Kier molecular flexibility index (Phi) is 6.98. The van der Waals surface area contributed by atoms with Crippen molar-refractivity contribution in [2.75, 3.05) is 13.1 Å². The van der Waals surface area contributed by atoms with E-state index in [9.17, 15) is 4.79 Å². The second-order valence-corrected chi connectivity index (χ2v) is 7.50. The molecule has 0 spiro atoms. The van der Waals surface area contributed by atoms with Crippen LogP contribution in [0.25, 0.3) is 6.08 Å². The average molecular weight is 367 g/mol. The lowest BCUT2D eigenvalue weighted by molar-refractivity contribution is -0.0170. The molecule has 0 aliphatic carbocycles. The molecule has 0 saturated carbocycles. The largest absolute Gasteiger partial charge is 0.444 e. The number of amides is 1. The summed E-state index contributed by atoms with van der Waals surface area (Å²) in [4.78, 5) is 13.8. The van der Waals surface area contributed by atoms with Crippen molar-refractivity contribution in [1.29, 1.82) is 10.5 Å². The first-order chi connectivity index (χ1) is 12.8. The maximum Gasteiger partial charge on any atom is 0.410 e. The maximum absolute atomic E-state index is 12.1. The number of nitrogens with zero attached hydrogens (tertiary/aromatic N) is 3. The first-order valence-corrected chi connectivity index (χ1v) is 9.01. The van der Waals surface area contributed by atoms with Gasteiger partial charge in [0.25, 0.3) is 0 Å². The van der Waals surface area contributed by atoms with Gasteiger partial charge in [0.15, 0.2) is 0 Å². The second-order valence-electron chi connectivity index (χ2n) is 7.50. The Morgan fingerprint density at radius 1 is 1.19 bits per heavy atom. The van der Waals surface area contributed by atoms with Gasteiger partial charge < -0.3 is 14.4 Å². The van der Waals surface area contributed by atoms with Crippen LogP contribution < -0.4 is 0 Å². The van der Waals surface area contributed by atoms with Crippen LogP contribution >= 0.6 is 0 Å². The summed E-state index contributed by atoms with van der Waals surface area (Å²) < 4.78 is 11.4. The minimum absolute atomic E-state index is 0.0794. The lowest BCUT2D eigenvalue weighted by Gasteiger charge is -2.33. The van der Waals surface area contributed by atoms with E-state index in [2.05, 4.69) is 0 Å². The average Bonchev–Trinajstić information content (AvgIpc) is 2.64. The van der Waals surface area contributed by atoms with Crippen LogP contribution in [0.5, 0.6) is 0 Å². The molecule has 0 aromatic heterocycles. The Labute approximate surface area is 160 Å². The molecular weight excluding hydrogens is 342 g/mol. The summed E-state index contributed by atoms with van der Waals surface area (Å²) in [6.45, 7) is 7.35. The monoisotopic (exact) mass is 367 g/mol. The van der Waals surface area contributed by atoms with Gasteiger partial charge in [0, 0.05) is 13.1 Å². The van der Waals surface area contributed by atoms with Gasteiger partial charge in [-0.25, -0.2) is 4.79 Å². The predicted octanol–water partition coefficient (Wildman–Crippen LogP) is 4.03. The summed E-state index contributed by atoms with van der Waals surface area (Å²) in [5.41, 5.74) is 1.43. The van der Waals surface area contributed by atoms with Crippen LogP contribution in [0.4, 0.5) is 4.79 Å². The molecule has 142 valence electrons. The van der Waals surface area contributed by atoms with E-state index in [1.807, 2.05) is 57.2 Å². The Balaban J connectivity index is 1.79. The van der Waals surface area contributed by atoms with E-state index >= 15 is 0 Å². The number of benzene rings is 1. The highest BCUT2D eigenvalue weighted by molar-refractivity contribution is 5.68. The number of rotatable bonds is 4. The molecule has 1 aromatic rings. The van der Waals surface area contributed by atoms with Gasteiger partial charge in [0.1, 0.15) is 23.3 Å². The highest BCUT2D eigenvalue weighted by atomic mass is 16.6. The maximum atomic E-state index is 12.1. The van der Waals surface area contributed by atoms with Crippen molar-refractivity contribution in [1.82, 2.24) is 4.90 Å². The number of likely N-dealkylation sites (tertiary alicyclic amines) is 1. The Bertz CT molecular complexity index is 740. The Hall–Kier alpha value is -2.83. The Morgan fingerprint density at radius 3 is 2.30 bits per heavy atom. The summed E-state index contributed by atoms with van der Waals surface area (Å²) in [5, 5.41) is 17.6. The summed E-state index contributed by atoms with van der Waals surface area (Å²) >= 11 is 0. The first kappa shape index (κ1) is 20.5. The molecular formula is C21H25N3O3. The van der Waals surface area contributed by atoms with Crippen molar-refractivity contribution < 1.29 is 14.3 Å². The van der Waals surface area contributed by atoms with Crippen LogP contribution in [0.3, 0.4) is 0 Å². The van der Waals surface area contributed by atoms with Gasteiger partial charge in [-0.3, -0.25) is 0 Å². The fourth-order valence-corrected chi connectivity index (χ4v) is 2.71. The molecule has 1 amide bonds. The third-order valence-corrected chi connectivity index (χ3v) is 4.11. The van der Waals surface area contributed by atoms with E-state index in [1.165, 1.54) is 0 Å². The van der Waals surface area contributed by atoms with Crippen LogP contribution in [0, 0.1) is 22.7 Å². The molecule has 1 aliphatic rings. The zero-order valence-electron chi connectivity index (χ0n) is 16.1. The molecule has 1 heterocycles. The highest BCUT2D eigenvalue weighted by Gasteiger charge is 2.27. The topological polar surface area (TPSA) is 86.3 Å². The van der Waals surface area contributed by atoms with E-state index in [1.54, 1.807) is 11.0 Å². The molecule has 2 rings (SSSR count). The zero-order chi connectivity index (χ0) is 19.9. The first-order valence-electron chi connectivity index (χ1n) is 9.01. The van der Waals surface area contributed by atoms with Crippen LogP contribution in [0.1, 0.15) is 44.7 Å². The van der Waals surface area contributed by atoms with Gasteiger partial charge in [-0.2, -0.15) is 10.5 Å². The molecule has 0 atom stereocenters. The SMILES string of the molecule is CC(C)(C)OC(=O)N1CCC(OCc2ccc(C=C(C#N)C#N)cc2)CC1. The van der Waals surface area contributed by atoms with Gasteiger partial charge in [0.2, 0.25) is 0 Å². The van der Waals surface area contributed by atoms with Gasteiger partial charge in [-0.05, 0) is 50.8 Å². The van der Waals surface area contributed by atoms with Crippen LogP contribution in [0.2, 0.25) is 0 Å². The summed E-state index contributed by atoms with van der Waals surface area (Å²) in [7, 11) is 0. The van der Waals surface area contributed by atoms with Gasteiger partial charge >= 0.3 is 6.09 Å². The molecule has 1 saturated heterocycles. The number of carbonyl (C=O) groups excluding carboxylic acids is 1. The molecule has 0 N–H and O–H groups in total. The van der Waals surface area contributed by atoms with Crippen molar-refractivity contribution in [2.45, 2.75) is 51.9 Å². The van der Waals surface area contributed by atoms with E-state index in [4.69, 9.17) is 20.0 Å². The van der Waals surface area contributed by atoms with E-state index in [0.29, 0.717) is 19.7 Å². The quantitative estimate of drug-likeness (QED) is 0.750. The van der Waals surface area contributed by atoms with Crippen molar-refractivity contribution >= 4 is 12.2 Å². The minimum Gasteiger partial charge on any atom is -0.444 e. The predicted molar refractivity (Wildman–Crippen MR) is 101 cm³/mol. The van der Waals surface area contributed by atoms with Crippen molar-refractivity contribution in [3.05, 3.63) is 41.0 Å². The molecule has 6 nitrogen and oxygen atoms in total. The number of hydrogen-bond donors (Lipinski definition) is 0. The van der Waals surface area contributed by atoms with E-state index < -0.39 is 5.60 Å². The molecule has 6 heteroatoms. The van der Waals surface area contributed by atoms with Crippen molar-refractivity contribution in [3.8, 4) is 12.1 Å². The molecule has 0 bridgehead atoms. The molecule has 1 fully saturated rings. The number of allylic oxidation sites excluding steroid dienone is 1. The van der Waals surface area contributed by atoms with Crippen molar-refractivity contribution in [2.24, 2.45) is 0 Å². The summed E-state index contributed by atoms with van der Waals surface area (Å²) in [6, 6.07) is 11.3. The lowest BCUT2D eigenvalue weighted by atomic mass is 10.1. The van der Waals surface area contributed by atoms with E-state index in [-0.39, 0.29) is 17.8 Å².